The number of hydrogen-bond donors (Lipinski definition) is 0. The van der Waals surface area contributed by atoms with Crippen molar-refractivity contribution >= 4 is 32.6 Å². The van der Waals surface area contributed by atoms with Crippen LogP contribution in [0, 0.1) is 0 Å². The maximum atomic E-state index is 12.6. The Morgan fingerprint density at radius 3 is 2.00 bits per heavy atom. The van der Waals surface area contributed by atoms with E-state index in [2.05, 4.69) is 0 Å². The molecule has 3 aromatic rings. The van der Waals surface area contributed by atoms with Gasteiger partial charge in [-0.25, -0.2) is 4.79 Å². The molecule has 0 saturated carbocycles. The molecule has 2 heterocycles. The summed E-state index contributed by atoms with van der Waals surface area (Å²) >= 11 is 0. The Bertz CT molecular complexity index is 1010. The minimum Gasteiger partial charge on any atom is -0.456 e. The fraction of sp³-hybridized carbons (Fsp3) is 0.0500. The van der Waals surface area contributed by atoms with E-state index in [-0.39, 0.29) is 5.97 Å². The van der Waals surface area contributed by atoms with Gasteiger partial charge in [0.05, 0.1) is 5.56 Å². The van der Waals surface area contributed by atoms with Crippen molar-refractivity contribution in [2.75, 3.05) is 0 Å². The Labute approximate surface area is 147 Å². The summed E-state index contributed by atoms with van der Waals surface area (Å²) in [5, 5.41) is 0. The number of esters is 1. The number of fused-ring (bicyclic) bond motifs is 6. The molecule has 25 heavy (non-hydrogen) atoms. The third-order valence-corrected chi connectivity index (χ3v) is 5.02. The van der Waals surface area contributed by atoms with Crippen LogP contribution in [0.3, 0.4) is 0 Å². The van der Waals surface area contributed by atoms with Gasteiger partial charge in [0, 0.05) is 16.7 Å². The van der Waals surface area contributed by atoms with Crippen LogP contribution in [0.25, 0.3) is 0 Å². The van der Waals surface area contributed by atoms with Gasteiger partial charge in [0.2, 0.25) is 0 Å². The molecule has 118 valence electrons. The Balaban J connectivity index is 1.91. The number of ether oxygens (including phenoxy) is 2. The van der Waals surface area contributed by atoms with Gasteiger partial charge in [-0.1, -0.05) is 53.4 Å². The zero-order valence-electron chi connectivity index (χ0n) is 14.0. The molecular formula is C20H14B2O3. The number of rotatable bonds is 0. The average molecular weight is 324 g/mol. The van der Waals surface area contributed by atoms with Crippen LogP contribution in [0.2, 0.25) is 0 Å². The standard InChI is InChI=1S/C20H14B2O3/c21-11-5-7-15-17(9-11)24-18-10-12(22)6-8-16(18)20(15)14-4-2-1-3-13(14)19(23)25-20/h1-10H,21-22H2. The van der Waals surface area contributed by atoms with Crippen LogP contribution in [-0.4, -0.2) is 21.7 Å². The van der Waals surface area contributed by atoms with Crippen molar-refractivity contribution in [2.24, 2.45) is 0 Å². The van der Waals surface area contributed by atoms with Gasteiger partial charge in [-0.2, -0.15) is 0 Å². The lowest BCUT2D eigenvalue weighted by Gasteiger charge is -2.36. The van der Waals surface area contributed by atoms with Crippen LogP contribution < -0.4 is 15.7 Å². The molecule has 0 amide bonds. The second kappa shape index (κ2) is 4.79. The summed E-state index contributed by atoms with van der Waals surface area (Å²) in [6, 6.07) is 19.7. The number of carbonyl (C=O) groups excluding carboxylic acids is 1. The van der Waals surface area contributed by atoms with Gasteiger partial charge in [0.1, 0.15) is 27.2 Å². The zero-order chi connectivity index (χ0) is 17.2. The minimum absolute atomic E-state index is 0.296. The first-order valence-corrected chi connectivity index (χ1v) is 8.32. The quantitative estimate of drug-likeness (QED) is 0.453. The van der Waals surface area contributed by atoms with Crippen molar-refractivity contribution in [1.82, 2.24) is 0 Å². The largest absolute Gasteiger partial charge is 0.456 e. The third kappa shape index (κ3) is 1.81. The third-order valence-electron chi connectivity index (χ3n) is 5.02. The van der Waals surface area contributed by atoms with E-state index in [9.17, 15) is 4.79 Å². The Morgan fingerprint density at radius 2 is 1.36 bits per heavy atom. The summed E-state index contributed by atoms with van der Waals surface area (Å²) in [4.78, 5) is 12.6. The van der Waals surface area contributed by atoms with Crippen molar-refractivity contribution in [3.63, 3.8) is 0 Å². The van der Waals surface area contributed by atoms with Crippen LogP contribution in [-0.2, 0) is 10.3 Å². The summed E-state index contributed by atoms with van der Waals surface area (Å²) in [6.45, 7) is 0. The molecule has 5 heteroatoms. The summed E-state index contributed by atoms with van der Waals surface area (Å²) < 4.78 is 12.3. The summed E-state index contributed by atoms with van der Waals surface area (Å²) in [5.74, 6) is 1.18. The molecule has 2 aliphatic heterocycles. The number of benzene rings is 3. The second-order valence-electron chi connectivity index (χ2n) is 6.72. The lowest BCUT2D eigenvalue weighted by atomic mass is 9.76. The first-order chi connectivity index (χ1) is 12.1. The topological polar surface area (TPSA) is 35.5 Å². The van der Waals surface area contributed by atoms with Crippen molar-refractivity contribution < 1.29 is 14.3 Å². The van der Waals surface area contributed by atoms with Crippen LogP contribution in [0.15, 0.2) is 60.7 Å². The van der Waals surface area contributed by atoms with Crippen LogP contribution >= 0.6 is 0 Å². The molecule has 1 spiro atoms. The molecule has 2 aliphatic rings. The molecule has 0 unspecified atom stereocenters. The minimum atomic E-state index is -0.946. The highest BCUT2D eigenvalue weighted by Crippen LogP contribution is 2.55. The molecule has 0 fully saturated rings. The van der Waals surface area contributed by atoms with Gasteiger partial charge >= 0.3 is 5.97 Å². The van der Waals surface area contributed by atoms with Gasteiger partial charge < -0.3 is 9.47 Å². The fourth-order valence-electron chi connectivity index (χ4n) is 3.89. The number of carbonyl (C=O) groups is 1. The molecule has 0 radical (unpaired) electrons. The molecule has 0 saturated heterocycles. The monoisotopic (exact) mass is 324 g/mol. The van der Waals surface area contributed by atoms with E-state index in [0.717, 1.165) is 39.1 Å². The molecule has 3 aromatic carbocycles. The molecule has 0 N–H and O–H groups in total. The molecule has 5 rings (SSSR count). The van der Waals surface area contributed by atoms with E-state index in [4.69, 9.17) is 9.47 Å². The van der Waals surface area contributed by atoms with Crippen molar-refractivity contribution in [1.29, 1.82) is 0 Å². The van der Waals surface area contributed by atoms with Gasteiger partial charge in [0.15, 0.2) is 5.60 Å². The van der Waals surface area contributed by atoms with E-state index in [1.54, 1.807) is 0 Å². The predicted molar refractivity (Wildman–Crippen MR) is 101 cm³/mol. The van der Waals surface area contributed by atoms with E-state index >= 15 is 0 Å². The fourth-order valence-corrected chi connectivity index (χ4v) is 3.89. The first kappa shape index (κ1) is 14.4. The maximum absolute atomic E-state index is 12.6. The second-order valence-corrected chi connectivity index (χ2v) is 6.72. The lowest BCUT2D eigenvalue weighted by Crippen LogP contribution is -2.34. The van der Waals surface area contributed by atoms with Crippen molar-refractivity contribution in [3.05, 3.63) is 82.9 Å². The van der Waals surface area contributed by atoms with Crippen molar-refractivity contribution in [2.45, 2.75) is 5.60 Å². The Kier molecular flexibility index (Phi) is 2.76. The van der Waals surface area contributed by atoms with E-state index < -0.39 is 5.60 Å². The van der Waals surface area contributed by atoms with Crippen LogP contribution in [0.5, 0.6) is 11.5 Å². The van der Waals surface area contributed by atoms with Crippen LogP contribution in [0.4, 0.5) is 0 Å². The van der Waals surface area contributed by atoms with Crippen LogP contribution in [0.1, 0.15) is 27.0 Å². The van der Waals surface area contributed by atoms with E-state index in [1.807, 2.05) is 76.4 Å². The average Bonchev–Trinajstić information content (AvgIpc) is 2.88. The molecular weight excluding hydrogens is 310 g/mol. The lowest BCUT2D eigenvalue weighted by molar-refractivity contribution is 0.0224. The Hall–Kier alpha value is -2.94. The molecule has 3 nitrogen and oxygen atoms in total. The zero-order valence-corrected chi connectivity index (χ0v) is 14.0. The molecule has 0 aromatic heterocycles. The van der Waals surface area contributed by atoms with E-state index in [0.29, 0.717) is 5.56 Å². The summed E-state index contributed by atoms with van der Waals surface area (Å²) in [7, 11) is 4.05. The van der Waals surface area contributed by atoms with Crippen molar-refractivity contribution in [3.8, 4) is 11.5 Å². The highest BCUT2D eigenvalue weighted by atomic mass is 16.6. The van der Waals surface area contributed by atoms with Gasteiger partial charge in [0.25, 0.3) is 0 Å². The maximum Gasteiger partial charge on any atom is 0.340 e. The smallest absolute Gasteiger partial charge is 0.340 e. The number of hydrogen-bond acceptors (Lipinski definition) is 3. The summed E-state index contributed by atoms with van der Waals surface area (Å²) in [6.07, 6.45) is 0. The van der Waals surface area contributed by atoms with Gasteiger partial charge in [-0.3, -0.25) is 0 Å². The SMILES string of the molecule is Bc1ccc2c(c1)Oc1cc(B)ccc1C21OC(=O)c2ccccc21. The normalized spacial score (nSPS) is 15.8. The van der Waals surface area contributed by atoms with E-state index in [1.165, 1.54) is 0 Å². The van der Waals surface area contributed by atoms with Gasteiger partial charge in [-0.05, 0) is 18.2 Å². The van der Waals surface area contributed by atoms with Gasteiger partial charge in [-0.15, -0.1) is 0 Å². The highest BCUT2D eigenvalue weighted by molar-refractivity contribution is 6.33. The molecule has 0 aliphatic carbocycles. The first-order valence-electron chi connectivity index (χ1n) is 8.32. The molecule has 0 bridgehead atoms. The Morgan fingerprint density at radius 1 is 0.760 bits per heavy atom. The predicted octanol–water partition coefficient (Wildman–Crippen LogP) is 0.771. The molecule has 0 atom stereocenters. The summed E-state index contributed by atoms with van der Waals surface area (Å²) in [5.41, 5.74) is 4.48. The highest BCUT2D eigenvalue weighted by Gasteiger charge is 2.53.